The Hall–Kier alpha value is -1.46. The van der Waals surface area contributed by atoms with E-state index in [0.717, 1.165) is 64.5 Å². The van der Waals surface area contributed by atoms with E-state index in [-0.39, 0.29) is 5.41 Å². The molecule has 1 aromatic rings. The first-order valence-corrected chi connectivity index (χ1v) is 9.69. The first-order chi connectivity index (χ1) is 12.2. The van der Waals surface area contributed by atoms with Crippen molar-refractivity contribution in [3.05, 3.63) is 30.1 Å². The third-order valence-electron chi connectivity index (χ3n) is 5.61. The highest BCUT2D eigenvalue weighted by molar-refractivity contribution is 5.77. The fourth-order valence-corrected chi connectivity index (χ4v) is 4.27. The highest BCUT2D eigenvalue weighted by Gasteiger charge is 2.41. The lowest BCUT2D eigenvalue weighted by Gasteiger charge is -2.48. The quantitative estimate of drug-likeness (QED) is 0.712. The van der Waals surface area contributed by atoms with Crippen molar-refractivity contribution in [1.82, 2.24) is 14.8 Å². The van der Waals surface area contributed by atoms with Crippen molar-refractivity contribution in [3.63, 3.8) is 0 Å². The molecule has 2 fully saturated rings. The van der Waals surface area contributed by atoms with Gasteiger partial charge in [-0.05, 0) is 44.9 Å². The van der Waals surface area contributed by atoms with Crippen LogP contribution in [0.15, 0.2) is 24.4 Å². The summed E-state index contributed by atoms with van der Waals surface area (Å²) < 4.78 is 5.52. The van der Waals surface area contributed by atoms with Gasteiger partial charge in [-0.15, -0.1) is 0 Å². The number of aromatic nitrogens is 1. The molecular weight excluding hydrogens is 314 g/mol. The van der Waals surface area contributed by atoms with E-state index >= 15 is 0 Å². The predicted octanol–water partition coefficient (Wildman–Crippen LogP) is 2.37. The van der Waals surface area contributed by atoms with Gasteiger partial charge in [0, 0.05) is 62.9 Å². The molecule has 3 rings (SSSR count). The van der Waals surface area contributed by atoms with Crippen LogP contribution in [-0.4, -0.2) is 66.6 Å². The Labute approximate surface area is 151 Å². The molecule has 138 valence electrons. The summed E-state index contributed by atoms with van der Waals surface area (Å²) in [7, 11) is 0. The zero-order valence-electron chi connectivity index (χ0n) is 15.5. The van der Waals surface area contributed by atoms with Gasteiger partial charge >= 0.3 is 0 Å². The molecule has 25 heavy (non-hydrogen) atoms. The molecule has 0 radical (unpaired) electrons. The van der Waals surface area contributed by atoms with Crippen molar-refractivity contribution < 1.29 is 9.53 Å². The molecule has 2 saturated heterocycles. The Bertz CT molecular complexity index is 551. The number of rotatable bonds is 7. The molecule has 3 heterocycles. The lowest BCUT2D eigenvalue weighted by molar-refractivity contribution is -0.139. The number of nitrogens with zero attached hydrogens (tertiary/aromatic N) is 3. The summed E-state index contributed by atoms with van der Waals surface area (Å²) in [5, 5.41) is 0. The summed E-state index contributed by atoms with van der Waals surface area (Å²) >= 11 is 0. The Balaban J connectivity index is 1.56. The monoisotopic (exact) mass is 345 g/mol. The highest BCUT2D eigenvalue weighted by Crippen LogP contribution is 2.38. The number of ether oxygens (including phenoxy) is 1. The minimum absolute atomic E-state index is 0.280. The van der Waals surface area contributed by atoms with Crippen LogP contribution in [0.25, 0.3) is 0 Å². The van der Waals surface area contributed by atoms with Crippen molar-refractivity contribution in [3.8, 4) is 0 Å². The standard InChI is InChI=1S/C20H31N3O2/c1-2-25-15-14-22-12-5-9-20(16-22)10-7-19(24)23(17-20)13-8-18-6-3-4-11-21-18/h3-4,6,11H,2,5,7-10,12-17H2,1H3. The minimum atomic E-state index is 0.280. The van der Waals surface area contributed by atoms with Gasteiger partial charge in [0.2, 0.25) is 5.91 Å². The summed E-state index contributed by atoms with van der Waals surface area (Å²) in [6, 6.07) is 5.99. The average molecular weight is 345 g/mol. The third kappa shape index (κ3) is 5.02. The number of piperidine rings is 2. The van der Waals surface area contributed by atoms with Gasteiger partial charge in [-0.1, -0.05) is 6.07 Å². The summed E-state index contributed by atoms with van der Waals surface area (Å²) in [5.41, 5.74) is 1.35. The summed E-state index contributed by atoms with van der Waals surface area (Å²) in [6.45, 7) is 8.62. The molecule has 1 spiro atoms. The Morgan fingerprint density at radius 1 is 1.24 bits per heavy atom. The van der Waals surface area contributed by atoms with Crippen LogP contribution in [0.4, 0.5) is 0 Å². The lowest BCUT2D eigenvalue weighted by atomic mass is 9.73. The summed E-state index contributed by atoms with van der Waals surface area (Å²) in [6.07, 6.45) is 6.88. The van der Waals surface area contributed by atoms with E-state index in [1.54, 1.807) is 0 Å². The van der Waals surface area contributed by atoms with E-state index < -0.39 is 0 Å². The Morgan fingerprint density at radius 2 is 2.16 bits per heavy atom. The van der Waals surface area contributed by atoms with E-state index in [0.29, 0.717) is 12.3 Å². The van der Waals surface area contributed by atoms with Crippen LogP contribution >= 0.6 is 0 Å². The van der Waals surface area contributed by atoms with Gasteiger partial charge in [-0.3, -0.25) is 9.78 Å². The minimum Gasteiger partial charge on any atom is -0.380 e. The van der Waals surface area contributed by atoms with Crippen LogP contribution in [0, 0.1) is 5.41 Å². The van der Waals surface area contributed by atoms with Gasteiger partial charge in [0.1, 0.15) is 0 Å². The number of amides is 1. The first-order valence-electron chi connectivity index (χ1n) is 9.69. The number of carbonyl (C=O) groups is 1. The van der Waals surface area contributed by atoms with Gasteiger partial charge < -0.3 is 14.5 Å². The molecule has 1 unspecified atom stereocenters. The second-order valence-electron chi connectivity index (χ2n) is 7.46. The van der Waals surface area contributed by atoms with Gasteiger partial charge in [-0.25, -0.2) is 0 Å². The zero-order valence-corrected chi connectivity index (χ0v) is 15.5. The van der Waals surface area contributed by atoms with Gasteiger partial charge in [0.25, 0.3) is 0 Å². The van der Waals surface area contributed by atoms with E-state index in [1.165, 1.54) is 12.8 Å². The van der Waals surface area contributed by atoms with Gasteiger partial charge in [0.15, 0.2) is 0 Å². The second kappa shape index (κ2) is 8.77. The maximum absolute atomic E-state index is 12.4. The molecule has 0 bridgehead atoms. The van der Waals surface area contributed by atoms with E-state index in [1.807, 2.05) is 31.3 Å². The van der Waals surface area contributed by atoms with Crippen molar-refractivity contribution in [2.75, 3.05) is 45.9 Å². The fraction of sp³-hybridized carbons (Fsp3) is 0.700. The maximum Gasteiger partial charge on any atom is 0.222 e. The highest BCUT2D eigenvalue weighted by atomic mass is 16.5. The van der Waals surface area contributed by atoms with E-state index in [2.05, 4.69) is 14.8 Å². The van der Waals surface area contributed by atoms with Gasteiger partial charge in [-0.2, -0.15) is 0 Å². The van der Waals surface area contributed by atoms with Gasteiger partial charge in [0.05, 0.1) is 6.61 Å². The smallest absolute Gasteiger partial charge is 0.222 e. The van der Waals surface area contributed by atoms with Crippen molar-refractivity contribution >= 4 is 5.91 Å². The molecule has 1 amide bonds. The maximum atomic E-state index is 12.4. The lowest BCUT2D eigenvalue weighted by Crippen LogP contribution is -2.54. The van der Waals surface area contributed by atoms with Crippen molar-refractivity contribution in [1.29, 1.82) is 0 Å². The number of hydrogen-bond donors (Lipinski definition) is 0. The van der Waals surface area contributed by atoms with Crippen molar-refractivity contribution in [2.45, 2.75) is 39.0 Å². The number of pyridine rings is 1. The fourth-order valence-electron chi connectivity index (χ4n) is 4.27. The van der Waals surface area contributed by atoms with Crippen LogP contribution in [0.2, 0.25) is 0 Å². The average Bonchev–Trinajstić information content (AvgIpc) is 2.64. The zero-order chi connectivity index (χ0) is 17.5. The molecule has 0 saturated carbocycles. The second-order valence-corrected chi connectivity index (χ2v) is 7.46. The van der Waals surface area contributed by atoms with Crippen molar-refractivity contribution in [2.24, 2.45) is 5.41 Å². The normalized spacial score (nSPS) is 24.8. The molecule has 0 N–H and O–H groups in total. The Morgan fingerprint density at radius 3 is 2.96 bits per heavy atom. The van der Waals surface area contributed by atoms with Crippen LogP contribution in [-0.2, 0) is 16.0 Å². The molecule has 2 aliphatic heterocycles. The summed E-state index contributed by atoms with van der Waals surface area (Å²) in [4.78, 5) is 21.4. The molecular formula is C20H31N3O2. The van der Waals surface area contributed by atoms with E-state index in [4.69, 9.17) is 4.74 Å². The molecule has 5 nitrogen and oxygen atoms in total. The molecule has 5 heteroatoms. The topological polar surface area (TPSA) is 45.7 Å². The SMILES string of the molecule is CCOCCN1CCCC2(CCC(=O)N(CCc3ccccn3)C2)C1. The molecule has 0 aromatic carbocycles. The van der Waals surface area contributed by atoms with E-state index in [9.17, 15) is 4.79 Å². The number of likely N-dealkylation sites (tertiary alicyclic amines) is 2. The molecule has 0 aliphatic carbocycles. The largest absolute Gasteiger partial charge is 0.380 e. The third-order valence-corrected chi connectivity index (χ3v) is 5.61. The molecule has 1 atom stereocenters. The predicted molar refractivity (Wildman–Crippen MR) is 98.4 cm³/mol. The molecule has 1 aromatic heterocycles. The van der Waals surface area contributed by atoms with Crippen LogP contribution < -0.4 is 0 Å². The Kier molecular flexibility index (Phi) is 6.43. The van der Waals surface area contributed by atoms with Crippen LogP contribution in [0.5, 0.6) is 0 Å². The van der Waals surface area contributed by atoms with Crippen LogP contribution in [0.1, 0.15) is 38.3 Å². The number of hydrogen-bond acceptors (Lipinski definition) is 4. The first kappa shape index (κ1) is 18.3. The van der Waals surface area contributed by atoms with Crippen LogP contribution in [0.3, 0.4) is 0 Å². The number of carbonyl (C=O) groups excluding carboxylic acids is 1. The molecule has 2 aliphatic rings. The summed E-state index contributed by atoms with van der Waals surface area (Å²) in [5.74, 6) is 0.313.